The molecular weight excluding hydrogens is 165 g/mol. The molecule has 0 aliphatic heterocycles. The van der Waals surface area contributed by atoms with Crippen LogP contribution in [0.25, 0.3) is 0 Å². The zero-order chi connectivity index (χ0) is 5.91. The fourth-order valence-electron chi connectivity index (χ4n) is 0.0385. The van der Waals surface area contributed by atoms with Crippen LogP contribution in [0.3, 0.4) is 0 Å². The van der Waals surface area contributed by atoms with Crippen LogP contribution in [-0.2, 0) is 14.7 Å². The molecule has 0 bridgehead atoms. The van der Waals surface area contributed by atoms with Gasteiger partial charge in [0, 0.05) is 0 Å². The molecule has 1 N–H and O–H groups in total. The molecule has 0 aliphatic rings. The molecule has 0 amide bonds. The summed E-state index contributed by atoms with van der Waals surface area (Å²) in [5.41, 5.74) is 0. The van der Waals surface area contributed by atoms with Gasteiger partial charge >= 0.3 is 61.8 Å². The van der Waals surface area contributed by atoms with E-state index in [2.05, 4.69) is 4.28 Å². The van der Waals surface area contributed by atoms with Gasteiger partial charge in [-0.25, -0.2) is 4.28 Å². The van der Waals surface area contributed by atoms with Crippen LogP contribution >= 0.6 is 0 Å². The monoisotopic (exact) mass is 167 g/mol. The Balaban J connectivity index is 0. The summed E-state index contributed by atoms with van der Waals surface area (Å²) >= 11 is 0. The van der Waals surface area contributed by atoms with E-state index in [1.807, 2.05) is 0 Å². The summed E-state index contributed by atoms with van der Waals surface area (Å²) < 4.78 is 28.8. The molecule has 0 aromatic carbocycles. The SMILES string of the molecule is O=NOS(=O)(=O)O.[KH]. The van der Waals surface area contributed by atoms with E-state index in [-0.39, 0.29) is 51.4 Å². The van der Waals surface area contributed by atoms with Crippen molar-refractivity contribution >= 4 is 61.8 Å². The predicted molar refractivity (Wildman–Crippen MR) is 25.6 cm³/mol. The molecule has 0 fully saturated rings. The minimum absolute atomic E-state index is 0. The Morgan fingerprint density at radius 3 is 1.88 bits per heavy atom. The quantitative estimate of drug-likeness (QED) is 0.242. The number of hydrogen-bond donors (Lipinski definition) is 1. The minimum atomic E-state index is -4.65. The fourth-order valence-corrected chi connectivity index (χ4v) is 0.115. The van der Waals surface area contributed by atoms with Crippen LogP contribution < -0.4 is 0 Å². The Bertz CT molecular complexity index is 146. The Labute approximate surface area is 87.9 Å². The molecule has 6 nitrogen and oxygen atoms in total. The van der Waals surface area contributed by atoms with Crippen LogP contribution in [-0.4, -0.2) is 64.4 Å². The zero-order valence-electron chi connectivity index (χ0n) is 2.94. The summed E-state index contributed by atoms with van der Waals surface area (Å²) in [6.07, 6.45) is 0. The van der Waals surface area contributed by atoms with Crippen molar-refractivity contribution in [2.24, 2.45) is 5.34 Å². The Morgan fingerprint density at radius 2 is 1.88 bits per heavy atom. The van der Waals surface area contributed by atoms with Gasteiger partial charge in [-0.3, -0.25) is 4.55 Å². The van der Waals surface area contributed by atoms with Crippen LogP contribution in [0.15, 0.2) is 5.34 Å². The Kier molecular flexibility index (Phi) is 7.01. The molecule has 44 valence electrons. The summed E-state index contributed by atoms with van der Waals surface area (Å²) in [5.74, 6) is 0. The van der Waals surface area contributed by atoms with E-state index in [0.717, 1.165) is 0 Å². The van der Waals surface area contributed by atoms with E-state index in [9.17, 15) is 8.42 Å². The third-order valence-electron chi connectivity index (χ3n) is 0.125. The van der Waals surface area contributed by atoms with E-state index >= 15 is 0 Å². The van der Waals surface area contributed by atoms with Crippen molar-refractivity contribution in [3.05, 3.63) is 4.91 Å². The van der Waals surface area contributed by atoms with Gasteiger partial charge in [0.1, 0.15) is 0 Å². The molecule has 0 saturated carbocycles. The van der Waals surface area contributed by atoms with Crippen molar-refractivity contribution in [2.75, 3.05) is 0 Å². The molecule has 0 atom stereocenters. The first kappa shape index (κ1) is 11.7. The number of hydrogen-bond acceptors (Lipinski definition) is 5. The number of nitrogens with zero attached hydrogens (tertiary/aromatic N) is 1. The molecular formula is H2KNO5S. The Hall–Kier alpha value is 0.946. The molecule has 0 aromatic rings. The normalized spacial score (nSPS) is 9.12. The molecule has 0 radical (unpaired) electrons. The maximum absolute atomic E-state index is 9.27. The fraction of sp³-hybridized carbons (Fsp3) is 0. The topological polar surface area (TPSA) is 93.0 Å². The predicted octanol–water partition coefficient (Wildman–Crippen LogP) is -1.16. The summed E-state index contributed by atoms with van der Waals surface area (Å²) in [6, 6.07) is 0. The van der Waals surface area contributed by atoms with Gasteiger partial charge in [0.25, 0.3) is 0 Å². The van der Waals surface area contributed by atoms with Crippen LogP contribution in [0.5, 0.6) is 0 Å². The van der Waals surface area contributed by atoms with Gasteiger partial charge in [-0.2, -0.15) is 8.42 Å². The van der Waals surface area contributed by atoms with Gasteiger partial charge in [-0.15, -0.1) is 4.91 Å². The van der Waals surface area contributed by atoms with Crippen molar-refractivity contribution in [2.45, 2.75) is 0 Å². The van der Waals surface area contributed by atoms with E-state index in [0.29, 0.717) is 0 Å². The molecule has 8 heavy (non-hydrogen) atoms. The molecule has 8 heteroatoms. The van der Waals surface area contributed by atoms with Crippen molar-refractivity contribution in [1.29, 1.82) is 0 Å². The molecule has 0 spiro atoms. The second-order valence-electron chi connectivity index (χ2n) is 0.577. The molecule has 0 unspecified atom stereocenters. The van der Waals surface area contributed by atoms with Gasteiger partial charge in [0.15, 0.2) is 5.34 Å². The van der Waals surface area contributed by atoms with Crippen LogP contribution in [0, 0.1) is 4.91 Å². The summed E-state index contributed by atoms with van der Waals surface area (Å²) in [4.78, 5) is 8.81. The van der Waals surface area contributed by atoms with Crippen molar-refractivity contribution in [3.63, 3.8) is 0 Å². The first-order chi connectivity index (χ1) is 3.06. The van der Waals surface area contributed by atoms with E-state index < -0.39 is 10.4 Å². The number of rotatable bonds is 2. The third-order valence-corrected chi connectivity index (χ3v) is 0.374. The zero-order valence-corrected chi connectivity index (χ0v) is 3.75. The van der Waals surface area contributed by atoms with Crippen molar-refractivity contribution in [1.82, 2.24) is 0 Å². The van der Waals surface area contributed by atoms with E-state index in [4.69, 9.17) is 9.46 Å². The second-order valence-corrected chi connectivity index (χ2v) is 1.58. The first-order valence-electron chi connectivity index (χ1n) is 1.05. The molecule has 0 heterocycles. The first-order valence-corrected chi connectivity index (χ1v) is 2.41. The van der Waals surface area contributed by atoms with Gasteiger partial charge in [-0.1, -0.05) is 0 Å². The summed E-state index contributed by atoms with van der Waals surface area (Å²) in [6.45, 7) is 0. The van der Waals surface area contributed by atoms with E-state index in [1.165, 1.54) is 5.34 Å². The van der Waals surface area contributed by atoms with Gasteiger partial charge in [0.2, 0.25) is 0 Å². The molecule has 0 aliphatic carbocycles. The maximum atomic E-state index is 9.27. The standard InChI is InChI=1S/K.HNO5S.H/c;2-1-6-7(3,4)5;/h;(H,3,4,5);. The average molecular weight is 167 g/mol. The molecule has 0 rings (SSSR count). The van der Waals surface area contributed by atoms with E-state index in [1.54, 1.807) is 0 Å². The van der Waals surface area contributed by atoms with Gasteiger partial charge in [0.05, 0.1) is 0 Å². The van der Waals surface area contributed by atoms with Crippen LogP contribution in [0.4, 0.5) is 0 Å². The summed E-state index contributed by atoms with van der Waals surface area (Å²) in [7, 11) is -4.65. The van der Waals surface area contributed by atoms with Crippen LogP contribution in [0.2, 0.25) is 0 Å². The average Bonchev–Trinajstić information content (AvgIpc) is 1.30. The van der Waals surface area contributed by atoms with Crippen molar-refractivity contribution in [3.8, 4) is 0 Å². The van der Waals surface area contributed by atoms with Crippen molar-refractivity contribution < 1.29 is 17.3 Å². The third kappa shape index (κ3) is 10.0. The van der Waals surface area contributed by atoms with Gasteiger partial charge in [-0.05, 0) is 0 Å². The van der Waals surface area contributed by atoms with Gasteiger partial charge < -0.3 is 0 Å². The summed E-state index contributed by atoms with van der Waals surface area (Å²) in [5, 5.41) is 1.42. The molecule has 0 saturated heterocycles. The van der Waals surface area contributed by atoms with Crippen LogP contribution in [0.1, 0.15) is 0 Å². The Morgan fingerprint density at radius 1 is 1.50 bits per heavy atom. The molecule has 0 aromatic heterocycles. The second kappa shape index (κ2) is 4.79.